The number of fused-ring (bicyclic) bond motifs is 2. The van der Waals surface area contributed by atoms with Gasteiger partial charge in [0.1, 0.15) is 11.2 Å². The topological polar surface area (TPSA) is 62.7 Å². The number of carboxylic acids is 1. The number of rotatable bonds is 3. The summed E-state index contributed by atoms with van der Waals surface area (Å²) < 4.78 is 5.52. The van der Waals surface area contributed by atoms with Gasteiger partial charge in [0.2, 0.25) is 0 Å². The Morgan fingerprint density at radius 3 is 3.00 bits per heavy atom. The van der Waals surface area contributed by atoms with E-state index in [1.165, 1.54) is 10.5 Å². The van der Waals surface area contributed by atoms with Crippen LogP contribution in [-0.2, 0) is 9.53 Å². The van der Waals surface area contributed by atoms with E-state index in [2.05, 4.69) is 42.3 Å². The molecule has 2 saturated heterocycles. The highest BCUT2D eigenvalue weighted by atomic mass is 32.2. The van der Waals surface area contributed by atoms with E-state index in [9.17, 15) is 9.90 Å². The summed E-state index contributed by atoms with van der Waals surface area (Å²) in [6.07, 6.45) is 2.87. The molecule has 25 heavy (non-hydrogen) atoms. The van der Waals surface area contributed by atoms with E-state index in [0.29, 0.717) is 19.8 Å². The van der Waals surface area contributed by atoms with Crippen LogP contribution in [0.1, 0.15) is 12.0 Å². The van der Waals surface area contributed by atoms with Crippen LogP contribution in [0.5, 0.6) is 0 Å². The first kappa shape index (κ1) is 16.7. The van der Waals surface area contributed by atoms with Crippen LogP contribution in [0.4, 0.5) is 5.82 Å². The van der Waals surface area contributed by atoms with Gasteiger partial charge in [0.25, 0.3) is 0 Å². The molecule has 0 unspecified atom stereocenters. The average Bonchev–Trinajstić information content (AvgIpc) is 3.02. The first-order valence-electron chi connectivity index (χ1n) is 8.55. The van der Waals surface area contributed by atoms with Gasteiger partial charge in [-0.25, -0.2) is 4.98 Å². The number of benzene rings is 1. The Bertz CT molecular complexity index is 841. The van der Waals surface area contributed by atoms with Gasteiger partial charge < -0.3 is 14.7 Å². The van der Waals surface area contributed by atoms with Crippen LogP contribution in [0.25, 0.3) is 10.9 Å². The zero-order chi connectivity index (χ0) is 17.6. The minimum absolute atomic E-state index is 0.121. The Morgan fingerprint density at radius 2 is 2.28 bits per heavy atom. The molecule has 0 amide bonds. The third kappa shape index (κ3) is 2.68. The minimum atomic E-state index is -0.800. The highest BCUT2D eigenvalue weighted by molar-refractivity contribution is 7.98. The third-order valence-corrected chi connectivity index (χ3v) is 6.35. The van der Waals surface area contributed by atoms with Crippen LogP contribution in [0.2, 0.25) is 0 Å². The smallest absolute Gasteiger partial charge is 0.314 e. The van der Waals surface area contributed by atoms with Crippen LogP contribution >= 0.6 is 11.8 Å². The third-order valence-electron chi connectivity index (χ3n) is 5.62. The molecule has 3 heterocycles. The van der Waals surface area contributed by atoms with Gasteiger partial charge in [-0.3, -0.25) is 4.79 Å². The maximum Gasteiger partial charge on any atom is 0.314 e. The Morgan fingerprint density at radius 1 is 1.44 bits per heavy atom. The number of carbonyl (C=O) groups is 1. The van der Waals surface area contributed by atoms with E-state index in [1.54, 1.807) is 11.8 Å². The summed E-state index contributed by atoms with van der Waals surface area (Å²) in [6, 6.07) is 8.39. The van der Waals surface area contributed by atoms with Crippen molar-refractivity contribution in [3.05, 3.63) is 29.8 Å². The lowest BCUT2D eigenvalue weighted by atomic mass is 9.76. The van der Waals surface area contributed by atoms with Gasteiger partial charge >= 0.3 is 5.97 Å². The predicted molar refractivity (Wildman–Crippen MR) is 99.5 cm³/mol. The number of nitrogens with zero attached hydrogens (tertiary/aromatic N) is 2. The van der Waals surface area contributed by atoms with Gasteiger partial charge in [-0.2, -0.15) is 0 Å². The molecule has 1 aromatic heterocycles. The van der Waals surface area contributed by atoms with Gasteiger partial charge in [-0.05, 0) is 55.3 Å². The molecular formula is C19H22N2O3S. The molecule has 2 aliphatic heterocycles. The maximum atomic E-state index is 12.0. The van der Waals surface area contributed by atoms with Gasteiger partial charge in [-0.1, -0.05) is 0 Å². The lowest BCUT2D eigenvalue weighted by molar-refractivity contribution is -0.159. The van der Waals surface area contributed by atoms with Gasteiger partial charge in [0.05, 0.1) is 12.1 Å². The summed E-state index contributed by atoms with van der Waals surface area (Å²) in [5.74, 6) is 0.245. The standard InChI is InChI=1S/C19H22N2O3S/c1-12-7-17(20-16-4-3-14(25-2)8-15(12)16)21-9-13-5-6-24-11-19(13,10-21)18(22)23/h3-4,7-8,13H,5-6,9-11H2,1-2H3,(H,22,23)/t13-,19+/m0/s1. The normalized spacial score (nSPS) is 26.0. The average molecular weight is 358 g/mol. The number of aliphatic carboxylic acids is 1. The Balaban J connectivity index is 1.72. The molecule has 5 nitrogen and oxygen atoms in total. The summed E-state index contributed by atoms with van der Waals surface area (Å²) in [7, 11) is 0. The van der Waals surface area contributed by atoms with E-state index in [-0.39, 0.29) is 5.92 Å². The fourth-order valence-electron chi connectivity index (χ4n) is 4.11. The van der Waals surface area contributed by atoms with Crippen molar-refractivity contribution in [1.82, 2.24) is 4.98 Å². The molecule has 2 aromatic rings. The summed E-state index contributed by atoms with van der Waals surface area (Å²) >= 11 is 1.72. The molecule has 2 aliphatic rings. The second-order valence-corrected chi connectivity index (χ2v) is 7.94. The first-order valence-corrected chi connectivity index (χ1v) is 9.77. The SMILES string of the molecule is CSc1ccc2nc(N3C[C@@H]4CCOC[C@]4(C(=O)O)C3)cc(C)c2c1. The second-order valence-electron chi connectivity index (χ2n) is 7.06. The molecule has 4 rings (SSSR count). The maximum absolute atomic E-state index is 12.0. The highest BCUT2D eigenvalue weighted by Crippen LogP contribution is 2.43. The molecule has 2 fully saturated rings. The van der Waals surface area contributed by atoms with E-state index in [0.717, 1.165) is 29.7 Å². The number of aromatic nitrogens is 1. The van der Waals surface area contributed by atoms with E-state index >= 15 is 0 Å². The second kappa shape index (κ2) is 6.18. The van der Waals surface area contributed by atoms with Crippen molar-refractivity contribution < 1.29 is 14.6 Å². The Kier molecular flexibility index (Phi) is 4.12. The zero-order valence-corrected chi connectivity index (χ0v) is 15.3. The van der Waals surface area contributed by atoms with E-state index in [4.69, 9.17) is 9.72 Å². The number of hydrogen-bond donors (Lipinski definition) is 1. The van der Waals surface area contributed by atoms with Crippen LogP contribution in [0.15, 0.2) is 29.2 Å². The first-order chi connectivity index (χ1) is 12.0. The van der Waals surface area contributed by atoms with Gasteiger partial charge in [-0.15, -0.1) is 11.8 Å². The molecule has 0 saturated carbocycles. The molecular weight excluding hydrogens is 336 g/mol. The highest BCUT2D eigenvalue weighted by Gasteiger charge is 2.54. The predicted octanol–water partition coefficient (Wildman–Crippen LogP) is 3.19. The van der Waals surface area contributed by atoms with Gasteiger partial charge in [0, 0.05) is 30.0 Å². The molecule has 0 radical (unpaired) electrons. The lowest BCUT2D eigenvalue weighted by Gasteiger charge is -2.33. The summed E-state index contributed by atoms with van der Waals surface area (Å²) in [6.45, 7) is 4.24. The van der Waals surface area contributed by atoms with Crippen molar-refractivity contribution in [1.29, 1.82) is 0 Å². The van der Waals surface area contributed by atoms with Crippen molar-refractivity contribution in [2.75, 3.05) is 37.5 Å². The van der Waals surface area contributed by atoms with E-state index in [1.807, 2.05) is 0 Å². The summed E-state index contributed by atoms with van der Waals surface area (Å²) in [5.41, 5.74) is 1.33. The molecule has 0 spiro atoms. The molecule has 132 valence electrons. The Labute approximate surface area is 151 Å². The van der Waals surface area contributed by atoms with Gasteiger partial charge in [0.15, 0.2) is 0 Å². The fourth-order valence-corrected chi connectivity index (χ4v) is 4.55. The van der Waals surface area contributed by atoms with Crippen LogP contribution in [0.3, 0.4) is 0 Å². The molecule has 1 aromatic carbocycles. The van der Waals surface area contributed by atoms with Crippen molar-refractivity contribution in [3.8, 4) is 0 Å². The number of thioether (sulfide) groups is 1. The number of carboxylic acid groups (broad SMARTS) is 1. The Hall–Kier alpha value is -1.79. The number of pyridine rings is 1. The quantitative estimate of drug-likeness (QED) is 0.850. The lowest BCUT2D eigenvalue weighted by Crippen LogP contribution is -2.46. The van der Waals surface area contributed by atoms with Crippen LogP contribution in [-0.4, -0.2) is 48.6 Å². The zero-order valence-electron chi connectivity index (χ0n) is 14.5. The monoisotopic (exact) mass is 358 g/mol. The largest absolute Gasteiger partial charge is 0.481 e. The van der Waals surface area contributed by atoms with Crippen molar-refractivity contribution in [3.63, 3.8) is 0 Å². The molecule has 0 aliphatic carbocycles. The van der Waals surface area contributed by atoms with Crippen molar-refractivity contribution in [2.24, 2.45) is 11.3 Å². The number of hydrogen-bond acceptors (Lipinski definition) is 5. The van der Waals surface area contributed by atoms with Crippen LogP contribution in [0, 0.1) is 18.3 Å². The molecule has 0 bridgehead atoms. The summed E-state index contributed by atoms with van der Waals surface area (Å²) in [4.78, 5) is 20.1. The van der Waals surface area contributed by atoms with E-state index < -0.39 is 11.4 Å². The molecule has 1 N–H and O–H groups in total. The summed E-state index contributed by atoms with van der Waals surface area (Å²) in [5, 5.41) is 11.0. The number of aryl methyl sites for hydroxylation is 1. The molecule has 2 atom stereocenters. The van der Waals surface area contributed by atoms with Crippen molar-refractivity contribution in [2.45, 2.75) is 18.2 Å². The number of anilines is 1. The fraction of sp³-hybridized carbons (Fsp3) is 0.474. The van der Waals surface area contributed by atoms with Crippen LogP contribution < -0.4 is 4.90 Å². The minimum Gasteiger partial charge on any atom is -0.481 e. The number of ether oxygens (including phenoxy) is 1. The van der Waals surface area contributed by atoms with Crippen molar-refractivity contribution >= 4 is 34.5 Å². The molecule has 6 heteroatoms.